The first kappa shape index (κ1) is 18.5. The van der Waals surface area contributed by atoms with Gasteiger partial charge in [-0.2, -0.15) is 0 Å². The number of rotatable bonds is 7. The molecule has 1 aliphatic rings. The van der Waals surface area contributed by atoms with E-state index in [-0.39, 0.29) is 17.7 Å². The molecule has 6 nitrogen and oxygen atoms in total. The average Bonchev–Trinajstić information content (AvgIpc) is 3.15. The lowest BCUT2D eigenvalue weighted by molar-refractivity contribution is -0.138. The third-order valence-corrected chi connectivity index (χ3v) is 5.38. The second kappa shape index (κ2) is 8.91. The Morgan fingerprint density at radius 2 is 2.19 bits per heavy atom. The third-order valence-electron chi connectivity index (χ3n) is 4.55. The normalized spacial score (nSPS) is 17.3. The standard InChI is InChI=1S/C19H23N3O3S/c1-25-10-9-22-12-15(7-8-17(22)23)19(24)20-11-16-18(21-13-26-16)14-5-3-2-4-6-14/h2-6,13,15H,7-12H2,1H3,(H,20,24)/t15-/m0/s1. The summed E-state index contributed by atoms with van der Waals surface area (Å²) < 4.78 is 5.04. The van der Waals surface area contributed by atoms with Gasteiger partial charge in [-0.05, 0) is 6.42 Å². The minimum atomic E-state index is -0.169. The Balaban J connectivity index is 1.58. The van der Waals surface area contributed by atoms with Crippen molar-refractivity contribution in [1.29, 1.82) is 0 Å². The van der Waals surface area contributed by atoms with Crippen molar-refractivity contribution in [3.8, 4) is 11.3 Å². The molecule has 3 rings (SSSR count). The number of hydrogen-bond acceptors (Lipinski definition) is 5. The summed E-state index contributed by atoms with van der Waals surface area (Å²) in [6.07, 6.45) is 1.01. The van der Waals surface area contributed by atoms with Crippen LogP contribution in [0.1, 0.15) is 17.7 Å². The Hall–Kier alpha value is -2.25. The van der Waals surface area contributed by atoms with E-state index < -0.39 is 0 Å². The Kier molecular flexibility index (Phi) is 6.35. The summed E-state index contributed by atoms with van der Waals surface area (Å²) in [5.41, 5.74) is 3.76. The summed E-state index contributed by atoms with van der Waals surface area (Å²) in [7, 11) is 1.61. The van der Waals surface area contributed by atoms with Gasteiger partial charge in [-0.25, -0.2) is 4.98 Å². The van der Waals surface area contributed by atoms with Crippen molar-refractivity contribution in [2.45, 2.75) is 19.4 Å². The van der Waals surface area contributed by atoms with Crippen molar-refractivity contribution >= 4 is 23.2 Å². The van der Waals surface area contributed by atoms with E-state index in [0.29, 0.717) is 39.1 Å². The molecule has 2 aromatic rings. The first-order valence-corrected chi connectivity index (χ1v) is 9.59. The molecule has 0 unspecified atom stereocenters. The van der Waals surface area contributed by atoms with E-state index in [2.05, 4.69) is 10.3 Å². The maximum absolute atomic E-state index is 12.6. The molecule has 0 bridgehead atoms. The predicted molar refractivity (Wildman–Crippen MR) is 101 cm³/mol. The van der Waals surface area contributed by atoms with Crippen molar-refractivity contribution in [1.82, 2.24) is 15.2 Å². The highest BCUT2D eigenvalue weighted by atomic mass is 32.1. The monoisotopic (exact) mass is 373 g/mol. The zero-order valence-electron chi connectivity index (χ0n) is 14.8. The fourth-order valence-electron chi connectivity index (χ4n) is 3.09. The molecule has 1 saturated heterocycles. The zero-order chi connectivity index (χ0) is 18.4. The third kappa shape index (κ3) is 4.47. The van der Waals surface area contributed by atoms with E-state index in [1.165, 1.54) is 11.3 Å². The van der Waals surface area contributed by atoms with Crippen molar-refractivity contribution in [2.75, 3.05) is 26.8 Å². The van der Waals surface area contributed by atoms with Gasteiger partial charge in [0.05, 0.1) is 35.2 Å². The van der Waals surface area contributed by atoms with Gasteiger partial charge in [0.15, 0.2) is 0 Å². The average molecular weight is 373 g/mol. The molecular formula is C19H23N3O3S. The quantitative estimate of drug-likeness (QED) is 0.808. The van der Waals surface area contributed by atoms with Crippen molar-refractivity contribution < 1.29 is 14.3 Å². The van der Waals surface area contributed by atoms with Gasteiger partial charge in [-0.3, -0.25) is 9.59 Å². The minimum Gasteiger partial charge on any atom is -0.383 e. The van der Waals surface area contributed by atoms with Crippen LogP contribution in [0.5, 0.6) is 0 Å². The number of nitrogens with zero attached hydrogens (tertiary/aromatic N) is 2. The molecule has 0 aliphatic carbocycles. The molecule has 7 heteroatoms. The molecule has 1 aromatic carbocycles. The largest absolute Gasteiger partial charge is 0.383 e. The Labute approximate surface area is 157 Å². The molecule has 0 spiro atoms. The lowest BCUT2D eigenvalue weighted by atomic mass is 9.96. The second-order valence-corrected chi connectivity index (χ2v) is 7.22. The smallest absolute Gasteiger partial charge is 0.225 e. The summed E-state index contributed by atoms with van der Waals surface area (Å²) >= 11 is 1.54. The fourth-order valence-corrected chi connectivity index (χ4v) is 3.81. The number of thiazole rings is 1. The van der Waals surface area contributed by atoms with Crippen LogP contribution in [0, 0.1) is 5.92 Å². The summed E-state index contributed by atoms with van der Waals surface area (Å²) in [6, 6.07) is 9.95. The van der Waals surface area contributed by atoms with E-state index in [1.54, 1.807) is 17.5 Å². The molecule has 26 heavy (non-hydrogen) atoms. The van der Waals surface area contributed by atoms with Crippen LogP contribution in [0.4, 0.5) is 0 Å². The van der Waals surface area contributed by atoms with Gasteiger partial charge in [0.2, 0.25) is 11.8 Å². The van der Waals surface area contributed by atoms with E-state index in [4.69, 9.17) is 4.74 Å². The fraction of sp³-hybridized carbons (Fsp3) is 0.421. The van der Waals surface area contributed by atoms with Gasteiger partial charge in [0.1, 0.15) is 0 Å². The van der Waals surface area contributed by atoms with Gasteiger partial charge in [0.25, 0.3) is 0 Å². The maximum atomic E-state index is 12.6. The molecule has 0 saturated carbocycles. The van der Waals surface area contributed by atoms with Crippen LogP contribution in [0.15, 0.2) is 35.8 Å². The van der Waals surface area contributed by atoms with E-state index >= 15 is 0 Å². The Bertz CT molecular complexity index is 747. The van der Waals surface area contributed by atoms with E-state index in [0.717, 1.165) is 16.1 Å². The first-order chi connectivity index (χ1) is 12.7. The van der Waals surface area contributed by atoms with Gasteiger partial charge in [0, 0.05) is 32.2 Å². The first-order valence-electron chi connectivity index (χ1n) is 8.71. The number of methoxy groups -OCH3 is 1. The summed E-state index contributed by atoms with van der Waals surface area (Å²) in [4.78, 5) is 31.7. The number of likely N-dealkylation sites (tertiary alicyclic amines) is 1. The van der Waals surface area contributed by atoms with Crippen molar-refractivity contribution in [3.63, 3.8) is 0 Å². The molecule has 2 amide bonds. The number of hydrogen-bond donors (Lipinski definition) is 1. The number of carbonyl (C=O) groups excluding carboxylic acids is 2. The molecule has 1 atom stereocenters. The number of benzene rings is 1. The minimum absolute atomic E-state index is 0.00710. The van der Waals surface area contributed by atoms with Crippen LogP contribution in [-0.2, 0) is 20.9 Å². The van der Waals surface area contributed by atoms with Gasteiger partial charge >= 0.3 is 0 Å². The van der Waals surface area contributed by atoms with Gasteiger partial charge in [-0.15, -0.1) is 11.3 Å². The second-order valence-electron chi connectivity index (χ2n) is 6.28. The molecule has 1 N–H and O–H groups in total. The van der Waals surface area contributed by atoms with Crippen LogP contribution in [0.25, 0.3) is 11.3 Å². The number of amides is 2. The molecule has 1 aromatic heterocycles. The molecule has 1 aliphatic heterocycles. The number of ether oxygens (including phenoxy) is 1. The van der Waals surface area contributed by atoms with Crippen LogP contribution in [0.2, 0.25) is 0 Å². The molecular weight excluding hydrogens is 350 g/mol. The summed E-state index contributed by atoms with van der Waals surface area (Å²) in [5, 5.41) is 3.02. The van der Waals surface area contributed by atoms with Gasteiger partial charge < -0.3 is 15.0 Å². The predicted octanol–water partition coefficient (Wildman–Crippen LogP) is 2.31. The molecule has 0 radical (unpaired) electrons. The van der Waals surface area contributed by atoms with Crippen LogP contribution >= 0.6 is 11.3 Å². The van der Waals surface area contributed by atoms with Crippen molar-refractivity contribution in [2.24, 2.45) is 5.92 Å². The highest BCUT2D eigenvalue weighted by molar-refractivity contribution is 7.10. The number of aromatic nitrogens is 1. The molecule has 138 valence electrons. The highest BCUT2D eigenvalue weighted by Gasteiger charge is 2.30. The topological polar surface area (TPSA) is 71.5 Å². The SMILES string of the molecule is COCCN1C[C@@H](C(=O)NCc2scnc2-c2ccccc2)CCC1=O. The Morgan fingerprint density at radius 3 is 2.96 bits per heavy atom. The zero-order valence-corrected chi connectivity index (χ0v) is 15.6. The van der Waals surface area contributed by atoms with Crippen LogP contribution < -0.4 is 5.32 Å². The maximum Gasteiger partial charge on any atom is 0.225 e. The van der Waals surface area contributed by atoms with Gasteiger partial charge in [-0.1, -0.05) is 30.3 Å². The van der Waals surface area contributed by atoms with E-state index in [1.807, 2.05) is 30.3 Å². The molecule has 1 fully saturated rings. The molecule has 2 heterocycles. The van der Waals surface area contributed by atoms with Crippen LogP contribution in [-0.4, -0.2) is 48.5 Å². The number of carbonyl (C=O) groups is 2. The number of piperidine rings is 1. The lowest BCUT2D eigenvalue weighted by Gasteiger charge is -2.31. The Morgan fingerprint density at radius 1 is 1.38 bits per heavy atom. The van der Waals surface area contributed by atoms with Crippen LogP contribution in [0.3, 0.4) is 0 Å². The van der Waals surface area contributed by atoms with Crippen molar-refractivity contribution in [3.05, 3.63) is 40.7 Å². The summed E-state index contributed by atoms with van der Waals surface area (Å²) in [6.45, 7) is 1.94. The number of nitrogens with one attached hydrogen (secondary N) is 1. The highest BCUT2D eigenvalue weighted by Crippen LogP contribution is 2.25. The summed E-state index contributed by atoms with van der Waals surface area (Å²) in [5.74, 6) is -0.0788. The lowest BCUT2D eigenvalue weighted by Crippen LogP contribution is -2.46. The van der Waals surface area contributed by atoms with E-state index in [9.17, 15) is 9.59 Å².